The summed E-state index contributed by atoms with van der Waals surface area (Å²) in [4.78, 5) is 43.5. The predicted octanol–water partition coefficient (Wildman–Crippen LogP) is 3.43. The van der Waals surface area contributed by atoms with Crippen LogP contribution in [0.1, 0.15) is 17.7 Å². The number of methoxy groups -OCH3 is 2. The van der Waals surface area contributed by atoms with Crippen LogP contribution >= 0.6 is 0 Å². The summed E-state index contributed by atoms with van der Waals surface area (Å²) in [5.74, 6) is 2.79. The van der Waals surface area contributed by atoms with Crippen molar-refractivity contribution in [2.45, 2.75) is 25.8 Å². The van der Waals surface area contributed by atoms with Gasteiger partial charge in [0.25, 0.3) is 0 Å². The number of rotatable bonds is 10. The Morgan fingerprint density at radius 2 is 1.81 bits per heavy atom. The van der Waals surface area contributed by atoms with E-state index in [4.69, 9.17) is 19.2 Å². The Morgan fingerprint density at radius 1 is 1.00 bits per heavy atom. The topological polar surface area (TPSA) is 124 Å². The molecule has 0 spiro atoms. The van der Waals surface area contributed by atoms with Crippen LogP contribution < -0.4 is 24.4 Å². The van der Waals surface area contributed by atoms with Crippen LogP contribution in [-0.4, -0.2) is 82.9 Å². The molecular formula is C31H35N7O5. The Balaban J connectivity index is 1.28. The number of aromatic nitrogens is 4. The molecule has 1 N–H and O–H groups in total. The van der Waals surface area contributed by atoms with Crippen LogP contribution in [0, 0.1) is 6.92 Å². The number of amides is 2. The van der Waals surface area contributed by atoms with Gasteiger partial charge in [0, 0.05) is 56.8 Å². The van der Waals surface area contributed by atoms with Crippen molar-refractivity contribution in [3.63, 3.8) is 0 Å². The first-order valence-corrected chi connectivity index (χ1v) is 14.0. The third-order valence-electron chi connectivity index (χ3n) is 7.16. The van der Waals surface area contributed by atoms with Crippen LogP contribution in [0.15, 0.2) is 73.3 Å². The number of hydrogen-bond donors (Lipinski definition) is 1. The van der Waals surface area contributed by atoms with Crippen LogP contribution in [0.5, 0.6) is 17.2 Å². The Labute approximate surface area is 250 Å². The quantitative estimate of drug-likeness (QED) is 0.298. The van der Waals surface area contributed by atoms with Gasteiger partial charge in [-0.15, -0.1) is 0 Å². The molecule has 0 bridgehead atoms. The Hall–Kier alpha value is -5.13. The number of imidazole rings is 1. The van der Waals surface area contributed by atoms with E-state index >= 15 is 0 Å². The van der Waals surface area contributed by atoms with Gasteiger partial charge in [-0.05, 0) is 43.2 Å². The maximum atomic E-state index is 13.3. The van der Waals surface area contributed by atoms with E-state index in [2.05, 4.69) is 20.2 Å². The molecule has 0 radical (unpaired) electrons. The van der Waals surface area contributed by atoms with Crippen molar-refractivity contribution < 1.29 is 23.8 Å². The zero-order valence-electron chi connectivity index (χ0n) is 24.5. The van der Waals surface area contributed by atoms with Gasteiger partial charge in [-0.1, -0.05) is 24.3 Å². The highest BCUT2D eigenvalue weighted by Crippen LogP contribution is 2.28. The minimum Gasteiger partial charge on any atom is -0.493 e. The smallest absolute Gasteiger partial charge is 0.415 e. The molecule has 1 aliphatic rings. The minimum absolute atomic E-state index is 0.102. The first kappa shape index (κ1) is 29.4. The molecule has 2 aromatic carbocycles. The molecule has 1 atom stereocenters. The fourth-order valence-corrected chi connectivity index (χ4v) is 4.99. The van der Waals surface area contributed by atoms with Crippen LogP contribution in [-0.2, 0) is 11.2 Å². The van der Waals surface area contributed by atoms with Gasteiger partial charge in [0.1, 0.15) is 17.9 Å². The second-order valence-corrected chi connectivity index (χ2v) is 10.1. The Kier molecular flexibility index (Phi) is 9.35. The van der Waals surface area contributed by atoms with Crippen LogP contribution in [0.2, 0.25) is 0 Å². The average molecular weight is 586 g/mol. The number of hydrogen-bond acceptors (Lipinski definition) is 9. The lowest BCUT2D eigenvalue weighted by molar-refractivity contribution is -0.122. The van der Waals surface area contributed by atoms with Crippen molar-refractivity contribution >= 4 is 17.8 Å². The molecule has 4 aromatic rings. The van der Waals surface area contributed by atoms with Gasteiger partial charge in [-0.25, -0.2) is 14.8 Å². The number of piperazine rings is 1. The normalized spacial score (nSPS) is 14.7. The lowest BCUT2D eigenvalue weighted by Crippen LogP contribution is -2.57. The highest BCUT2D eigenvalue weighted by Gasteiger charge is 2.34. The largest absolute Gasteiger partial charge is 0.493 e. The summed E-state index contributed by atoms with van der Waals surface area (Å²) in [6.07, 6.45) is 5.32. The van der Waals surface area contributed by atoms with E-state index in [0.717, 1.165) is 11.3 Å². The Bertz CT molecular complexity index is 1530. The van der Waals surface area contributed by atoms with Gasteiger partial charge in [-0.3, -0.25) is 9.36 Å². The minimum atomic E-state index is -0.494. The van der Waals surface area contributed by atoms with E-state index in [1.165, 1.54) is 0 Å². The molecule has 5 rings (SSSR count). The van der Waals surface area contributed by atoms with Gasteiger partial charge in [0.05, 0.1) is 20.3 Å². The molecule has 2 amide bonds. The number of aryl methyl sites for hydroxylation is 1. The van der Waals surface area contributed by atoms with E-state index in [1.807, 2.05) is 37.3 Å². The number of carbonyl (C=O) groups excluding carboxylic acids is 2. The molecule has 1 aliphatic heterocycles. The SMILES string of the molecule is COc1ccc(CCNC(=O)CC2CN(c3cc(C)nc(-n4ccnc4)n3)CCN2C(=O)Oc2ccccc2)cc1OC. The van der Waals surface area contributed by atoms with Gasteiger partial charge < -0.3 is 29.3 Å². The highest BCUT2D eigenvalue weighted by molar-refractivity contribution is 5.78. The second-order valence-electron chi connectivity index (χ2n) is 10.1. The second kappa shape index (κ2) is 13.7. The molecule has 0 aliphatic carbocycles. The number of carbonyl (C=O) groups is 2. The number of nitrogens with zero attached hydrogens (tertiary/aromatic N) is 6. The monoisotopic (exact) mass is 585 g/mol. The number of nitrogens with one attached hydrogen (secondary N) is 1. The molecule has 1 saturated heterocycles. The molecule has 43 heavy (non-hydrogen) atoms. The van der Waals surface area contributed by atoms with Crippen molar-refractivity contribution in [3.8, 4) is 23.2 Å². The number of anilines is 1. The lowest BCUT2D eigenvalue weighted by Gasteiger charge is -2.41. The summed E-state index contributed by atoms with van der Waals surface area (Å²) in [7, 11) is 3.18. The average Bonchev–Trinajstić information content (AvgIpc) is 3.56. The number of ether oxygens (including phenoxy) is 3. The van der Waals surface area contributed by atoms with Crippen molar-refractivity contribution in [1.29, 1.82) is 0 Å². The maximum Gasteiger partial charge on any atom is 0.415 e. The summed E-state index contributed by atoms with van der Waals surface area (Å²) in [6.45, 7) is 3.60. The zero-order valence-corrected chi connectivity index (χ0v) is 24.5. The third kappa shape index (κ3) is 7.39. The van der Waals surface area contributed by atoms with Crippen LogP contribution in [0.25, 0.3) is 5.95 Å². The van der Waals surface area contributed by atoms with Crippen molar-refractivity contribution in [2.75, 3.05) is 45.3 Å². The maximum absolute atomic E-state index is 13.3. The van der Waals surface area contributed by atoms with Gasteiger partial charge in [0.2, 0.25) is 11.9 Å². The standard InChI is InChI=1S/C31H35N7O5/c1-22-17-28(35-30(34-22)37-14-13-32-21-37)36-15-16-38(31(40)43-25-7-5-4-6-8-25)24(20-36)19-29(39)33-12-11-23-9-10-26(41-2)27(18-23)42-3/h4-10,13-14,17-18,21,24H,11-12,15-16,19-20H2,1-3H3,(H,33,39). The molecule has 12 heteroatoms. The number of para-hydroxylation sites is 1. The molecule has 3 heterocycles. The first-order valence-electron chi connectivity index (χ1n) is 14.0. The summed E-state index contributed by atoms with van der Waals surface area (Å²) in [6, 6.07) is 16.1. The molecule has 0 saturated carbocycles. The zero-order chi connectivity index (χ0) is 30.2. The summed E-state index contributed by atoms with van der Waals surface area (Å²) in [5.41, 5.74) is 1.80. The van der Waals surface area contributed by atoms with Crippen molar-refractivity contribution in [3.05, 3.63) is 84.6 Å². The van der Waals surface area contributed by atoms with Crippen molar-refractivity contribution in [1.82, 2.24) is 29.7 Å². The van der Waals surface area contributed by atoms with Gasteiger partial charge in [-0.2, -0.15) is 4.98 Å². The highest BCUT2D eigenvalue weighted by atomic mass is 16.6. The fraction of sp³-hybridized carbons (Fsp3) is 0.323. The van der Waals surface area contributed by atoms with E-state index < -0.39 is 12.1 Å². The molecule has 2 aromatic heterocycles. The summed E-state index contributed by atoms with van der Waals surface area (Å²) in [5, 5.41) is 3.00. The predicted molar refractivity (Wildman–Crippen MR) is 160 cm³/mol. The van der Waals surface area contributed by atoms with E-state index in [1.54, 1.807) is 66.7 Å². The molecule has 224 valence electrons. The van der Waals surface area contributed by atoms with Gasteiger partial charge >= 0.3 is 6.09 Å². The molecule has 1 fully saturated rings. The molecule has 1 unspecified atom stereocenters. The molecule has 12 nitrogen and oxygen atoms in total. The molecular weight excluding hydrogens is 550 g/mol. The third-order valence-corrected chi connectivity index (χ3v) is 7.16. The number of benzene rings is 2. The van der Waals surface area contributed by atoms with E-state index in [-0.39, 0.29) is 12.3 Å². The lowest BCUT2D eigenvalue weighted by atomic mass is 10.1. The van der Waals surface area contributed by atoms with Crippen LogP contribution in [0.4, 0.5) is 10.6 Å². The summed E-state index contributed by atoms with van der Waals surface area (Å²) < 4.78 is 18.1. The van der Waals surface area contributed by atoms with Crippen molar-refractivity contribution in [2.24, 2.45) is 0 Å². The Morgan fingerprint density at radius 3 is 2.56 bits per heavy atom. The summed E-state index contributed by atoms with van der Waals surface area (Å²) >= 11 is 0. The van der Waals surface area contributed by atoms with Gasteiger partial charge in [0.15, 0.2) is 11.5 Å². The first-order chi connectivity index (χ1) is 20.9. The van der Waals surface area contributed by atoms with E-state index in [0.29, 0.717) is 61.6 Å². The van der Waals surface area contributed by atoms with Crippen LogP contribution in [0.3, 0.4) is 0 Å². The fourth-order valence-electron chi connectivity index (χ4n) is 4.99. The van der Waals surface area contributed by atoms with E-state index in [9.17, 15) is 9.59 Å².